The average molecular weight is 470 g/mol. The van der Waals surface area contributed by atoms with Gasteiger partial charge >= 0.3 is 5.97 Å². The smallest absolute Gasteiger partial charge is 0.318 e. The second kappa shape index (κ2) is 9.59. The highest BCUT2D eigenvalue weighted by Crippen LogP contribution is 2.31. The molecule has 10 nitrogen and oxygen atoms in total. The van der Waals surface area contributed by atoms with Gasteiger partial charge in [-0.3, -0.25) is 19.7 Å². The van der Waals surface area contributed by atoms with Crippen LogP contribution in [0.4, 0.5) is 5.69 Å². The number of likely N-dealkylation sites (N-methyl/N-ethyl adjacent to an activating group) is 1. The molecule has 1 heterocycles. The van der Waals surface area contributed by atoms with Gasteiger partial charge in [-0.25, -0.2) is 8.42 Å². The average Bonchev–Trinajstić information content (AvgIpc) is 3.26. The zero-order valence-corrected chi connectivity index (χ0v) is 18.1. The Morgan fingerprint density at radius 2 is 1.76 bits per heavy atom. The topological polar surface area (TPSA) is 148 Å². The van der Waals surface area contributed by atoms with Crippen molar-refractivity contribution < 1.29 is 32.5 Å². The number of hydrogen-bond acceptors (Lipinski definition) is 7. The summed E-state index contributed by atoms with van der Waals surface area (Å²) in [6.45, 7) is -0.691. The number of para-hydroxylation sites is 1. The molecule has 1 N–H and O–H groups in total. The van der Waals surface area contributed by atoms with E-state index in [0.717, 1.165) is 7.05 Å². The number of benzene rings is 2. The molecule has 0 amide bonds. The molecule has 0 spiro atoms. The van der Waals surface area contributed by atoms with Crippen LogP contribution in [0.15, 0.2) is 76.1 Å². The van der Waals surface area contributed by atoms with E-state index in [9.17, 15) is 28.1 Å². The number of nitrogens with zero attached hydrogens (tertiary/aromatic N) is 2. The first-order valence-electron chi connectivity index (χ1n) is 9.44. The Kier molecular flexibility index (Phi) is 6.85. The summed E-state index contributed by atoms with van der Waals surface area (Å²) >= 11 is 0. The van der Waals surface area contributed by atoms with Gasteiger partial charge in [0.1, 0.15) is 18.1 Å². The molecule has 0 fully saturated rings. The Morgan fingerprint density at radius 1 is 1.09 bits per heavy atom. The summed E-state index contributed by atoms with van der Waals surface area (Å²) in [5.74, 6) is -1.15. The Balaban J connectivity index is 1.75. The lowest BCUT2D eigenvalue weighted by atomic mass is 10.1. The summed E-state index contributed by atoms with van der Waals surface area (Å²) < 4.78 is 31.0. The second-order valence-electron chi connectivity index (χ2n) is 6.85. The summed E-state index contributed by atoms with van der Waals surface area (Å²) in [7, 11) is -2.86. The lowest BCUT2D eigenvalue weighted by molar-refractivity contribution is -0.384. The first-order valence-corrected chi connectivity index (χ1v) is 10.9. The third-order valence-electron chi connectivity index (χ3n) is 4.60. The number of nitro groups is 1. The number of nitro benzene ring substituents is 1. The predicted molar refractivity (Wildman–Crippen MR) is 118 cm³/mol. The first-order chi connectivity index (χ1) is 15.6. The normalized spacial score (nSPS) is 11.7. The monoisotopic (exact) mass is 470 g/mol. The van der Waals surface area contributed by atoms with E-state index in [-0.39, 0.29) is 21.9 Å². The molecule has 3 rings (SSSR count). The quantitative estimate of drug-likeness (QED) is 0.216. The highest BCUT2D eigenvalue weighted by Gasteiger charge is 2.23. The molecule has 0 saturated heterocycles. The van der Waals surface area contributed by atoms with E-state index in [4.69, 9.17) is 9.52 Å². The fourth-order valence-electron chi connectivity index (χ4n) is 2.93. The SMILES string of the molecule is CN(CC(=O)O)S(=O)(=O)c1ccc(C(=O)/C=C/c2ccc(-c3ccccc3[N+](=O)[O-])o2)cc1. The summed E-state index contributed by atoms with van der Waals surface area (Å²) in [5, 5.41) is 20.0. The van der Waals surface area contributed by atoms with Crippen molar-refractivity contribution in [1.82, 2.24) is 4.31 Å². The van der Waals surface area contributed by atoms with Crippen molar-refractivity contribution in [2.45, 2.75) is 4.90 Å². The van der Waals surface area contributed by atoms with Gasteiger partial charge in [-0.15, -0.1) is 0 Å². The van der Waals surface area contributed by atoms with Crippen LogP contribution in [0.1, 0.15) is 16.1 Å². The number of furan rings is 1. The fraction of sp³-hybridized carbons (Fsp3) is 0.0909. The number of rotatable bonds is 9. The number of aliphatic carboxylic acids is 1. The van der Waals surface area contributed by atoms with Gasteiger partial charge in [-0.05, 0) is 54.6 Å². The molecular weight excluding hydrogens is 452 g/mol. The summed E-state index contributed by atoms with van der Waals surface area (Å²) in [6.07, 6.45) is 2.62. The van der Waals surface area contributed by atoms with Crippen molar-refractivity contribution in [1.29, 1.82) is 0 Å². The van der Waals surface area contributed by atoms with Crippen LogP contribution < -0.4 is 0 Å². The van der Waals surface area contributed by atoms with Crippen LogP contribution in [0.25, 0.3) is 17.4 Å². The summed E-state index contributed by atoms with van der Waals surface area (Å²) in [5.41, 5.74) is 0.400. The molecule has 0 bridgehead atoms. The maximum atomic E-state index is 12.4. The fourth-order valence-corrected chi connectivity index (χ4v) is 4.05. The van der Waals surface area contributed by atoms with E-state index in [1.54, 1.807) is 30.3 Å². The second-order valence-corrected chi connectivity index (χ2v) is 8.90. The standard InChI is InChI=1S/C22H18N2O8S/c1-23(14-22(26)27)33(30,31)17-10-6-15(7-11-17)20(25)12-8-16-9-13-21(32-16)18-4-2-3-5-19(18)24(28)29/h2-13H,14H2,1H3,(H,26,27)/b12-8+. The zero-order chi connectivity index (χ0) is 24.2. The molecule has 0 radical (unpaired) electrons. The van der Waals surface area contributed by atoms with Gasteiger partial charge in [0.25, 0.3) is 5.69 Å². The molecule has 170 valence electrons. The zero-order valence-electron chi connectivity index (χ0n) is 17.2. The number of hydrogen-bond donors (Lipinski definition) is 1. The van der Waals surface area contributed by atoms with E-state index < -0.39 is 33.2 Å². The molecule has 33 heavy (non-hydrogen) atoms. The van der Waals surface area contributed by atoms with E-state index in [2.05, 4.69) is 0 Å². The molecule has 1 aromatic heterocycles. The number of carbonyl (C=O) groups is 2. The Bertz CT molecular complexity index is 1340. The van der Waals surface area contributed by atoms with Crippen molar-refractivity contribution in [2.75, 3.05) is 13.6 Å². The molecule has 0 aliphatic carbocycles. The minimum atomic E-state index is -4.00. The minimum absolute atomic E-state index is 0.109. The van der Waals surface area contributed by atoms with Crippen LogP contribution in [0, 0.1) is 10.1 Å². The molecule has 0 atom stereocenters. The van der Waals surface area contributed by atoms with Crippen LogP contribution in [0.2, 0.25) is 0 Å². The number of carbonyl (C=O) groups excluding carboxylic acids is 1. The number of sulfonamides is 1. The number of allylic oxidation sites excluding steroid dienone is 1. The minimum Gasteiger partial charge on any atom is -0.480 e. The van der Waals surface area contributed by atoms with Gasteiger partial charge < -0.3 is 9.52 Å². The van der Waals surface area contributed by atoms with E-state index >= 15 is 0 Å². The third kappa shape index (κ3) is 5.40. The largest absolute Gasteiger partial charge is 0.480 e. The van der Waals surface area contributed by atoms with Gasteiger partial charge in [-0.1, -0.05) is 12.1 Å². The number of ketones is 1. The van der Waals surface area contributed by atoms with Crippen molar-refractivity contribution in [3.8, 4) is 11.3 Å². The lowest BCUT2D eigenvalue weighted by Gasteiger charge is -2.14. The van der Waals surface area contributed by atoms with Crippen molar-refractivity contribution in [3.63, 3.8) is 0 Å². The Labute approximate surface area is 188 Å². The number of carboxylic acid groups (broad SMARTS) is 1. The Morgan fingerprint density at radius 3 is 2.39 bits per heavy atom. The van der Waals surface area contributed by atoms with Crippen LogP contribution in [-0.2, 0) is 14.8 Å². The van der Waals surface area contributed by atoms with E-state index in [1.807, 2.05) is 0 Å². The molecule has 0 unspecified atom stereocenters. The number of carboxylic acids is 1. The van der Waals surface area contributed by atoms with Crippen molar-refractivity contribution >= 4 is 33.5 Å². The van der Waals surface area contributed by atoms with E-state index in [0.29, 0.717) is 15.6 Å². The molecular formula is C22H18N2O8S. The molecule has 11 heteroatoms. The highest BCUT2D eigenvalue weighted by molar-refractivity contribution is 7.89. The molecule has 2 aromatic carbocycles. The van der Waals surface area contributed by atoms with E-state index in [1.165, 1.54) is 42.5 Å². The molecule has 3 aromatic rings. The van der Waals surface area contributed by atoms with Gasteiger partial charge in [0.2, 0.25) is 10.0 Å². The van der Waals surface area contributed by atoms with Crippen LogP contribution in [0.5, 0.6) is 0 Å². The van der Waals surface area contributed by atoms with Crippen LogP contribution in [0.3, 0.4) is 0 Å². The molecule has 0 saturated carbocycles. The van der Waals surface area contributed by atoms with Gasteiger partial charge in [0.15, 0.2) is 5.78 Å². The maximum absolute atomic E-state index is 12.4. The van der Waals surface area contributed by atoms with Gasteiger partial charge in [0, 0.05) is 18.7 Å². The molecule has 0 aliphatic rings. The van der Waals surface area contributed by atoms with Crippen molar-refractivity contribution in [2.24, 2.45) is 0 Å². The first kappa shape index (κ1) is 23.6. The predicted octanol–water partition coefficient (Wildman–Crippen LogP) is 3.46. The lowest BCUT2D eigenvalue weighted by Crippen LogP contribution is -2.32. The van der Waals surface area contributed by atoms with Gasteiger partial charge in [0.05, 0.1) is 15.4 Å². The van der Waals surface area contributed by atoms with Crippen LogP contribution in [-0.4, -0.2) is 48.1 Å². The summed E-state index contributed by atoms with van der Waals surface area (Å²) in [6, 6.07) is 14.3. The van der Waals surface area contributed by atoms with Crippen LogP contribution >= 0.6 is 0 Å². The molecule has 0 aliphatic heterocycles. The highest BCUT2D eigenvalue weighted by atomic mass is 32.2. The van der Waals surface area contributed by atoms with Gasteiger partial charge in [-0.2, -0.15) is 4.31 Å². The van der Waals surface area contributed by atoms with Crippen molar-refractivity contribution in [3.05, 3.63) is 88.2 Å². The maximum Gasteiger partial charge on any atom is 0.318 e. The summed E-state index contributed by atoms with van der Waals surface area (Å²) in [4.78, 5) is 33.7. The third-order valence-corrected chi connectivity index (χ3v) is 6.41. The Hall–Kier alpha value is -4.09.